The number of aromatic amines is 1. The number of para-hydroxylation sites is 1. The number of benzene rings is 3. The normalized spacial score (nSPS) is 12.2. The Kier molecular flexibility index (Phi) is 16.4. The maximum absolute atomic E-state index is 12.5. The molecule has 0 aliphatic carbocycles. The van der Waals surface area contributed by atoms with Crippen LogP contribution < -0.4 is 9.47 Å². The molecule has 2 N–H and O–H groups in total. The first kappa shape index (κ1) is 45.0. The molecule has 6 aromatic rings. The zero-order valence-corrected chi connectivity index (χ0v) is 35.5. The first-order valence-corrected chi connectivity index (χ1v) is 22.0. The van der Waals surface area contributed by atoms with Gasteiger partial charge in [-0.25, -0.2) is 14.5 Å². The fraction of sp³-hybridized carbons (Fsp3) is 0.420. The lowest BCUT2D eigenvalue weighted by atomic mass is 9.92. The van der Waals surface area contributed by atoms with E-state index in [1.807, 2.05) is 48.5 Å². The molecule has 1 unspecified atom stereocenters. The number of nitrogens with zero attached hydrogens (tertiary/aromatic N) is 3. The van der Waals surface area contributed by atoms with Crippen molar-refractivity contribution in [2.45, 2.75) is 122 Å². The number of aromatic carboxylic acids is 1. The van der Waals surface area contributed by atoms with E-state index in [1.165, 1.54) is 49.3 Å². The minimum absolute atomic E-state index is 0.126. The molecule has 6 rings (SSSR count). The van der Waals surface area contributed by atoms with Gasteiger partial charge in [0.1, 0.15) is 17.1 Å². The van der Waals surface area contributed by atoms with Crippen molar-refractivity contribution in [2.24, 2.45) is 0 Å². The van der Waals surface area contributed by atoms with Crippen molar-refractivity contribution in [3.05, 3.63) is 114 Å². The fourth-order valence-electron chi connectivity index (χ4n) is 8.21. The second-order valence-electron chi connectivity index (χ2n) is 16.0. The summed E-state index contributed by atoms with van der Waals surface area (Å²) in [5.74, 6) is 1.11. The van der Waals surface area contributed by atoms with E-state index in [0.717, 1.165) is 72.0 Å². The minimum atomic E-state index is -4.10. The van der Waals surface area contributed by atoms with Gasteiger partial charge in [0.2, 0.25) is 0 Å². The number of halogens is 3. The van der Waals surface area contributed by atoms with E-state index in [2.05, 4.69) is 53.5 Å². The monoisotopic (exact) mass is 836 g/mol. The van der Waals surface area contributed by atoms with Gasteiger partial charge < -0.3 is 19.6 Å². The Bertz CT molecular complexity index is 2280. The van der Waals surface area contributed by atoms with E-state index in [0.29, 0.717) is 43.1 Å². The van der Waals surface area contributed by atoms with E-state index in [9.17, 15) is 23.1 Å². The first-order chi connectivity index (χ1) is 29.7. The Labute approximate surface area is 357 Å². The third kappa shape index (κ3) is 12.5. The summed E-state index contributed by atoms with van der Waals surface area (Å²) in [5, 5.41) is 15.9. The zero-order valence-electron chi connectivity index (χ0n) is 35.5. The summed E-state index contributed by atoms with van der Waals surface area (Å²) in [5.41, 5.74) is 6.83. The molecule has 0 spiro atoms. The summed E-state index contributed by atoms with van der Waals surface area (Å²) in [6, 6.07) is 26.4. The molecule has 61 heavy (non-hydrogen) atoms. The maximum atomic E-state index is 12.5. The predicted octanol–water partition coefficient (Wildman–Crippen LogP) is 13.9. The molecule has 0 amide bonds. The Balaban J connectivity index is 1.20. The molecule has 0 aliphatic heterocycles. The molecule has 1 atom stereocenters. The smallest absolute Gasteiger partial charge is 0.389 e. The number of hydrogen-bond acceptors (Lipinski definition) is 5. The quantitative estimate of drug-likeness (QED) is 0.0557. The number of pyridine rings is 1. The van der Waals surface area contributed by atoms with Crippen LogP contribution in [0.2, 0.25) is 0 Å². The van der Waals surface area contributed by atoms with Gasteiger partial charge >= 0.3 is 12.1 Å². The highest BCUT2D eigenvalue weighted by Gasteiger charge is 2.26. The third-order valence-corrected chi connectivity index (χ3v) is 11.6. The highest BCUT2D eigenvalue weighted by Crippen LogP contribution is 2.37. The predicted molar refractivity (Wildman–Crippen MR) is 237 cm³/mol. The summed E-state index contributed by atoms with van der Waals surface area (Å²) in [6.45, 7) is 2.70. The number of H-pyrrole nitrogens is 1. The van der Waals surface area contributed by atoms with Crippen molar-refractivity contribution < 1.29 is 32.5 Å². The van der Waals surface area contributed by atoms with Crippen molar-refractivity contribution in [3.8, 4) is 39.6 Å². The van der Waals surface area contributed by atoms with Crippen LogP contribution in [0, 0.1) is 0 Å². The van der Waals surface area contributed by atoms with E-state index in [-0.39, 0.29) is 17.9 Å². The average Bonchev–Trinajstić information content (AvgIpc) is 3.89. The van der Waals surface area contributed by atoms with Gasteiger partial charge in [-0.15, -0.1) is 0 Å². The summed E-state index contributed by atoms with van der Waals surface area (Å²) >= 11 is 0. The van der Waals surface area contributed by atoms with Crippen LogP contribution in [0.5, 0.6) is 11.5 Å². The van der Waals surface area contributed by atoms with E-state index in [4.69, 9.17) is 14.5 Å². The van der Waals surface area contributed by atoms with Crippen LogP contribution >= 0.6 is 0 Å². The van der Waals surface area contributed by atoms with E-state index < -0.39 is 18.6 Å². The Morgan fingerprint density at radius 1 is 0.820 bits per heavy atom. The van der Waals surface area contributed by atoms with Gasteiger partial charge in [0, 0.05) is 46.8 Å². The van der Waals surface area contributed by atoms with Crippen LogP contribution in [0.4, 0.5) is 13.2 Å². The molecule has 0 radical (unpaired) electrons. The minimum Gasteiger partial charge on any atom is -0.497 e. The lowest BCUT2D eigenvalue weighted by molar-refractivity contribution is -0.135. The van der Waals surface area contributed by atoms with E-state index >= 15 is 0 Å². The number of hydrogen-bond donors (Lipinski definition) is 2. The standard InChI is InChI=1S/C50H59F3N4O4/c1-3-4-5-6-10-13-19-38(43-33-55-45-32-37(26-29-40(43)45)36-24-27-39(60-2)28-25-36)35-61-47-23-16-15-20-41(47)42-21-18-31-54-48(42)57-46(44(34-56-57)49(58)59)22-14-11-8-7-9-12-17-30-50(51,52)53/h15-16,18,20-21,23-29,31-34,38,55H,3-14,17,19,22,30,35H2,1-2H3,(H,58,59). The molecular weight excluding hydrogens is 778 g/mol. The highest BCUT2D eigenvalue weighted by molar-refractivity contribution is 5.89. The van der Waals surface area contributed by atoms with Crippen LogP contribution in [0.15, 0.2) is 97.5 Å². The largest absolute Gasteiger partial charge is 0.497 e. The van der Waals surface area contributed by atoms with Gasteiger partial charge in [0.05, 0.1) is 25.6 Å². The second kappa shape index (κ2) is 22.3. The number of fused-ring (bicyclic) bond motifs is 1. The van der Waals surface area contributed by atoms with Gasteiger partial charge in [-0.2, -0.15) is 18.3 Å². The highest BCUT2D eigenvalue weighted by atomic mass is 19.4. The third-order valence-electron chi connectivity index (χ3n) is 11.6. The van der Waals surface area contributed by atoms with Crippen LogP contribution in [0.3, 0.4) is 0 Å². The second-order valence-corrected chi connectivity index (χ2v) is 16.0. The molecular formula is C50H59F3N4O4. The number of nitrogens with one attached hydrogen (secondary N) is 1. The number of ether oxygens (including phenoxy) is 2. The molecule has 11 heteroatoms. The number of carboxylic acids is 1. The summed E-state index contributed by atoms with van der Waals surface area (Å²) in [6.07, 6.45) is 13.7. The number of carbonyl (C=O) groups is 1. The molecule has 0 aliphatic rings. The van der Waals surface area contributed by atoms with Crippen molar-refractivity contribution in [1.82, 2.24) is 19.7 Å². The van der Waals surface area contributed by atoms with Crippen molar-refractivity contribution in [1.29, 1.82) is 0 Å². The van der Waals surface area contributed by atoms with Crippen LogP contribution in [0.25, 0.3) is 39.0 Å². The van der Waals surface area contributed by atoms with Gasteiger partial charge in [-0.3, -0.25) is 0 Å². The Morgan fingerprint density at radius 3 is 2.25 bits per heavy atom. The Hall–Kier alpha value is -5.58. The maximum Gasteiger partial charge on any atom is 0.389 e. The lowest BCUT2D eigenvalue weighted by Crippen LogP contribution is -2.12. The molecule has 3 aromatic heterocycles. The number of carboxylic acid groups (broad SMARTS) is 1. The number of unbranched alkanes of at least 4 members (excludes halogenated alkanes) is 11. The van der Waals surface area contributed by atoms with Crippen LogP contribution in [0.1, 0.15) is 131 Å². The summed E-state index contributed by atoms with van der Waals surface area (Å²) in [4.78, 5) is 20.7. The SMILES string of the molecule is CCCCCCCCC(COc1ccccc1-c1cccnc1-n1ncc(C(=O)O)c1CCCCCCCCCC(F)(F)F)c1c[nH]c2cc(-c3ccc(OC)cc3)ccc12. The van der Waals surface area contributed by atoms with E-state index in [1.54, 1.807) is 18.0 Å². The zero-order chi connectivity index (χ0) is 43.0. The molecule has 3 heterocycles. The molecule has 324 valence electrons. The summed E-state index contributed by atoms with van der Waals surface area (Å²) in [7, 11) is 1.67. The van der Waals surface area contributed by atoms with Crippen molar-refractivity contribution >= 4 is 16.9 Å². The van der Waals surface area contributed by atoms with Gasteiger partial charge in [0.15, 0.2) is 5.82 Å². The van der Waals surface area contributed by atoms with Gasteiger partial charge in [-0.1, -0.05) is 120 Å². The molecule has 0 fully saturated rings. The number of methoxy groups -OCH3 is 1. The van der Waals surface area contributed by atoms with Crippen molar-refractivity contribution in [3.63, 3.8) is 0 Å². The molecule has 0 bridgehead atoms. The number of rotatable bonds is 25. The van der Waals surface area contributed by atoms with Gasteiger partial charge in [-0.05, 0) is 78.8 Å². The topological polar surface area (TPSA) is 102 Å². The van der Waals surface area contributed by atoms with Crippen molar-refractivity contribution in [2.75, 3.05) is 13.7 Å². The molecule has 8 nitrogen and oxygen atoms in total. The van der Waals surface area contributed by atoms with Crippen LogP contribution in [-0.2, 0) is 6.42 Å². The molecule has 0 saturated heterocycles. The van der Waals surface area contributed by atoms with Crippen LogP contribution in [-0.4, -0.2) is 50.7 Å². The summed E-state index contributed by atoms with van der Waals surface area (Å²) < 4.78 is 51.3. The number of alkyl halides is 3. The average molecular weight is 837 g/mol. The first-order valence-electron chi connectivity index (χ1n) is 22.0. The number of aromatic nitrogens is 4. The lowest BCUT2D eigenvalue weighted by Gasteiger charge is -2.20. The Morgan fingerprint density at radius 2 is 1.51 bits per heavy atom. The molecule has 3 aromatic carbocycles. The van der Waals surface area contributed by atoms with Gasteiger partial charge in [0.25, 0.3) is 0 Å². The molecule has 0 saturated carbocycles. The fourth-order valence-corrected chi connectivity index (χ4v) is 8.21.